The molecule has 0 amide bonds. The van der Waals surface area contributed by atoms with E-state index in [0.717, 1.165) is 49.2 Å². The van der Waals surface area contributed by atoms with Crippen LogP contribution < -0.4 is 0 Å². The molecule has 0 aliphatic heterocycles. The first-order valence-corrected chi connectivity index (χ1v) is 18.5. The number of nitrogens with zero attached hydrogens (tertiary/aromatic N) is 4. The fourth-order valence-electron chi connectivity index (χ4n) is 7.83. The van der Waals surface area contributed by atoms with E-state index in [0.29, 0.717) is 17.5 Å². The lowest BCUT2D eigenvalue weighted by atomic mass is 9.92. The molecule has 0 saturated carbocycles. The quantitative estimate of drug-likeness (QED) is 0.180. The highest BCUT2D eigenvalue weighted by molar-refractivity contribution is 7.26. The maximum Gasteiger partial charge on any atom is 0.164 e. The summed E-state index contributed by atoms with van der Waals surface area (Å²) in [6.45, 7) is 0. The summed E-state index contributed by atoms with van der Waals surface area (Å²) in [5.41, 5.74) is 13.4. The first-order valence-electron chi connectivity index (χ1n) is 17.7. The van der Waals surface area contributed by atoms with Gasteiger partial charge < -0.3 is 0 Å². The molecule has 3 heterocycles. The minimum atomic E-state index is 0.625. The summed E-state index contributed by atoms with van der Waals surface area (Å²) < 4.78 is 2.39. The minimum absolute atomic E-state index is 0.625. The highest BCUT2D eigenvalue weighted by atomic mass is 32.1. The van der Waals surface area contributed by atoms with E-state index in [2.05, 4.69) is 127 Å². The van der Waals surface area contributed by atoms with Gasteiger partial charge in [0.2, 0.25) is 0 Å². The third kappa shape index (κ3) is 4.90. The highest BCUT2D eigenvalue weighted by Gasteiger charge is 2.23. The number of aromatic nitrogens is 4. The van der Waals surface area contributed by atoms with Gasteiger partial charge in [0.05, 0.1) is 10.2 Å². The van der Waals surface area contributed by atoms with Crippen molar-refractivity contribution in [3.8, 4) is 78.7 Å². The van der Waals surface area contributed by atoms with Crippen molar-refractivity contribution >= 4 is 42.4 Å². The number of thiophene rings is 1. The van der Waals surface area contributed by atoms with Gasteiger partial charge in [-0.25, -0.2) is 15.0 Å². The lowest BCUT2D eigenvalue weighted by Gasteiger charge is -2.14. The summed E-state index contributed by atoms with van der Waals surface area (Å²) >= 11 is 1.79. The number of pyridine rings is 1. The molecule has 4 nitrogen and oxygen atoms in total. The summed E-state index contributed by atoms with van der Waals surface area (Å²) in [5, 5.41) is 3.72. The standard InChI is InChI=1S/C48H28N4S/c1-3-12-29(13-4-1)46-50-47(30-14-5-2-6-15-30)52-48(51-46)35-26-32(25-34(27-35)36-22-23-49-44-40-19-9-10-21-42(40)53-45(36)44)33-24-31-16-11-20-39-37-17-7-8-18-38(37)41(28-33)43(31)39/h1-28H. The van der Waals surface area contributed by atoms with E-state index in [-0.39, 0.29) is 0 Å². The van der Waals surface area contributed by atoms with Crippen LogP contribution in [0.2, 0.25) is 0 Å². The third-order valence-electron chi connectivity index (χ3n) is 10.3. The molecule has 0 bridgehead atoms. The van der Waals surface area contributed by atoms with Gasteiger partial charge in [-0.15, -0.1) is 11.3 Å². The molecule has 11 rings (SSSR count). The van der Waals surface area contributed by atoms with Gasteiger partial charge in [0.1, 0.15) is 0 Å². The van der Waals surface area contributed by atoms with Crippen LogP contribution in [0, 0.1) is 0 Å². The Morgan fingerprint density at radius 2 is 0.962 bits per heavy atom. The van der Waals surface area contributed by atoms with Gasteiger partial charge in [-0.05, 0) is 92.2 Å². The van der Waals surface area contributed by atoms with Crippen LogP contribution in [0.1, 0.15) is 0 Å². The lowest BCUT2D eigenvalue weighted by Crippen LogP contribution is -2.00. The van der Waals surface area contributed by atoms with Crippen molar-refractivity contribution in [1.82, 2.24) is 19.9 Å². The molecule has 0 atom stereocenters. The zero-order chi connectivity index (χ0) is 34.9. The molecule has 0 unspecified atom stereocenters. The van der Waals surface area contributed by atoms with E-state index in [1.54, 1.807) is 11.3 Å². The summed E-state index contributed by atoms with van der Waals surface area (Å²) in [7, 11) is 0. The maximum atomic E-state index is 5.16. The van der Waals surface area contributed by atoms with Gasteiger partial charge in [-0.3, -0.25) is 4.98 Å². The molecule has 0 saturated heterocycles. The molecular weight excluding hydrogens is 665 g/mol. The number of rotatable bonds is 5. The Bertz CT molecular complexity index is 3000. The van der Waals surface area contributed by atoms with Crippen molar-refractivity contribution < 1.29 is 0 Å². The molecule has 1 aliphatic rings. The average molecular weight is 693 g/mol. The predicted molar refractivity (Wildman–Crippen MR) is 220 cm³/mol. The van der Waals surface area contributed by atoms with Crippen molar-refractivity contribution in [3.05, 3.63) is 170 Å². The average Bonchev–Trinajstić information content (AvgIpc) is 3.78. The van der Waals surface area contributed by atoms with Crippen molar-refractivity contribution in [2.45, 2.75) is 0 Å². The van der Waals surface area contributed by atoms with Crippen LogP contribution in [0.3, 0.4) is 0 Å². The SMILES string of the molecule is c1ccc(-c2nc(-c3ccccc3)nc(-c3cc(-c4cc5c6c(cccc6c4)-c4ccccc4-5)cc(-c4ccnc5c4sc4ccccc45)c3)n2)cc1. The molecule has 0 radical (unpaired) electrons. The van der Waals surface area contributed by atoms with E-state index in [4.69, 9.17) is 19.9 Å². The molecular formula is C48H28N4S. The van der Waals surface area contributed by atoms with Crippen LogP contribution >= 0.6 is 11.3 Å². The first-order chi connectivity index (χ1) is 26.2. The Labute approximate surface area is 309 Å². The third-order valence-corrected chi connectivity index (χ3v) is 11.5. The summed E-state index contributed by atoms with van der Waals surface area (Å²) in [6.07, 6.45) is 1.93. The number of fused-ring (bicyclic) bond motifs is 6. The van der Waals surface area contributed by atoms with E-state index < -0.39 is 0 Å². The molecule has 3 aromatic heterocycles. The Morgan fingerprint density at radius 3 is 1.72 bits per heavy atom. The molecule has 7 aromatic carbocycles. The second kappa shape index (κ2) is 11.9. The van der Waals surface area contributed by atoms with Crippen molar-refractivity contribution in [1.29, 1.82) is 0 Å². The molecule has 246 valence electrons. The van der Waals surface area contributed by atoms with Gasteiger partial charge in [0.25, 0.3) is 0 Å². The van der Waals surface area contributed by atoms with Crippen LogP contribution in [0.4, 0.5) is 0 Å². The van der Waals surface area contributed by atoms with E-state index in [1.807, 2.05) is 42.6 Å². The van der Waals surface area contributed by atoms with Crippen molar-refractivity contribution in [2.75, 3.05) is 0 Å². The Balaban J connectivity index is 1.19. The highest BCUT2D eigenvalue weighted by Crippen LogP contribution is 2.49. The molecule has 5 heteroatoms. The fourth-order valence-corrected chi connectivity index (χ4v) is 9.03. The Morgan fingerprint density at radius 1 is 0.377 bits per heavy atom. The van der Waals surface area contributed by atoms with Crippen LogP contribution in [0.5, 0.6) is 0 Å². The van der Waals surface area contributed by atoms with Gasteiger partial charge >= 0.3 is 0 Å². The second-order valence-electron chi connectivity index (χ2n) is 13.4. The van der Waals surface area contributed by atoms with Crippen LogP contribution in [-0.4, -0.2) is 19.9 Å². The molecule has 0 spiro atoms. The topological polar surface area (TPSA) is 51.6 Å². The molecule has 53 heavy (non-hydrogen) atoms. The van der Waals surface area contributed by atoms with E-state index in [1.165, 1.54) is 43.1 Å². The zero-order valence-corrected chi connectivity index (χ0v) is 29.2. The molecule has 0 fully saturated rings. The van der Waals surface area contributed by atoms with Gasteiger partial charge in [-0.2, -0.15) is 0 Å². The number of hydrogen-bond acceptors (Lipinski definition) is 5. The monoisotopic (exact) mass is 692 g/mol. The largest absolute Gasteiger partial charge is 0.255 e. The molecule has 10 aromatic rings. The second-order valence-corrected chi connectivity index (χ2v) is 14.5. The Hall–Kier alpha value is -6.82. The Kier molecular flexibility index (Phi) is 6.69. The van der Waals surface area contributed by atoms with Gasteiger partial charge in [-0.1, -0.05) is 121 Å². The summed E-state index contributed by atoms with van der Waals surface area (Å²) in [5.74, 6) is 1.90. The number of benzene rings is 7. The first kappa shape index (κ1) is 29.9. The van der Waals surface area contributed by atoms with E-state index in [9.17, 15) is 0 Å². The summed E-state index contributed by atoms with van der Waals surface area (Å²) in [6, 6.07) is 57.8. The van der Waals surface area contributed by atoms with Crippen LogP contribution in [0.15, 0.2) is 170 Å². The molecule has 1 aliphatic carbocycles. The van der Waals surface area contributed by atoms with Crippen molar-refractivity contribution in [3.63, 3.8) is 0 Å². The maximum absolute atomic E-state index is 5.16. The zero-order valence-electron chi connectivity index (χ0n) is 28.4. The lowest BCUT2D eigenvalue weighted by molar-refractivity contribution is 1.07. The normalized spacial score (nSPS) is 11.8. The van der Waals surface area contributed by atoms with Crippen LogP contribution in [0.25, 0.3) is 110 Å². The molecule has 0 N–H and O–H groups in total. The van der Waals surface area contributed by atoms with E-state index >= 15 is 0 Å². The van der Waals surface area contributed by atoms with Gasteiger partial charge in [0.15, 0.2) is 17.5 Å². The smallest absolute Gasteiger partial charge is 0.164 e. The van der Waals surface area contributed by atoms with Gasteiger partial charge in [0, 0.05) is 38.5 Å². The minimum Gasteiger partial charge on any atom is -0.255 e. The van der Waals surface area contributed by atoms with Crippen LogP contribution in [-0.2, 0) is 0 Å². The predicted octanol–water partition coefficient (Wildman–Crippen LogP) is 12.8. The number of hydrogen-bond donors (Lipinski definition) is 0. The van der Waals surface area contributed by atoms with Crippen molar-refractivity contribution in [2.24, 2.45) is 0 Å². The summed E-state index contributed by atoms with van der Waals surface area (Å²) in [4.78, 5) is 20.2. The fraction of sp³-hybridized carbons (Fsp3) is 0.